The Morgan fingerprint density at radius 3 is 2.32 bits per heavy atom. The average molecular weight is 460 g/mol. The van der Waals surface area contributed by atoms with Gasteiger partial charge in [-0.3, -0.25) is 0 Å². The summed E-state index contributed by atoms with van der Waals surface area (Å²) in [7, 11) is 0. The van der Waals surface area contributed by atoms with Gasteiger partial charge in [0.2, 0.25) is 0 Å². The Kier molecular flexibility index (Phi) is 5.81. The van der Waals surface area contributed by atoms with Gasteiger partial charge in [0, 0.05) is 34.4 Å². The van der Waals surface area contributed by atoms with E-state index in [9.17, 15) is 15.2 Å². The summed E-state index contributed by atoms with van der Waals surface area (Å²) < 4.78 is 8.24. The van der Waals surface area contributed by atoms with Crippen molar-refractivity contribution in [2.75, 3.05) is 0 Å². The highest BCUT2D eigenvalue weighted by Crippen LogP contribution is 2.48. The molecule has 4 rings (SSSR count). The van der Waals surface area contributed by atoms with Crippen LogP contribution >= 0.6 is 0 Å². The Balaban J connectivity index is 2.08. The third-order valence-electron chi connectivity index (χ3n) is 6.83. The third kappa shape index (κ3) is 4.21. The molecule has 1 N–H and O–H groups in total. The smallest absolute Gasteiger partial charge is 0.337 e. The summed E-state index contributed by atoms with van der Waals surface area (Å²) in [6, 6.07) is 10.6. The van der Waals surface area contributed by atoms with Gasteiger partial charge in [0.15, 0.2) is 6.10 Å². The fraction of sp³-hybridized carbons (Fsp3) is 0.464. The lowest BCUT2D eigenvalue weighted by atomic mass is 9.90. The Labute approximate surface area is 201 Å². The lowest BCUT2D eigenvalue weighted by Crippen LogP contribution is -2.28. The molecule has 0 aliphatic heterocycles. The first kappa shape index (κ1) is 24.0. The van der Waals surface area contributed by atoms with Gasteiger partial charge in [-0.05, 0) is 72.4 Å². The number of rotatable bonds is 6. The van der Waals surface area contributed by atoms with Crippen LogP contribution in [0.5, 0.6) is 0 Å². The molecule has 1 atom stereocenters. The van der Waals surface area contributed by atoms with E-state index in [2.05, 4.69) is 24.5 Å². The van der Waals surface area contributed by atoms with Crippen molar-refractivity contribution in [1.29, 1.82) is 5.26 Å². The SMILES string of the molecule is Cc1ccc(-c2c([C@H](OC(C)(C)C)C(=O)O)c(C)nc3c2c(C)c(C)n3CC2(C#N)CC2)cc1. The summed E-state index contributed by atoms with van der Waals surface area (Å²) in [5, 5.41) is 20.9. The number of ether oxygens (including phenoxy) is 1. The van der Waals surface area contributed by atoms with Crippen molar-refractivity contribution < 1.29 is 14.6 Å². The summed E-state index contributed by atoms with van der Waals surface area (Å²) in [6.45, 7) is 14.2. The summed E-state index contributed by atoms with van der Waals surface area (Å²) in [5.74, 6) is -1.04. The molecule has 1 saturated carbocycles. The molecule has 2 aromatic heterocycles. The zero-order valence-corrected chi connectivity index (χ0v) is 21.1. The number of fused-ring (bicyclic) bond motifs is 1. The van der Waals surface area contributed by atoms with Gasteiger partial charge in [0.1, 0.15) is 5.65 Å². The highest BCUT2D eigenvalue weighted by Gasteiger charge is 2.44. The Morgan fingerprint density at radius 2 is 1.82 bits per heavy atom. The van der Waals surface area contributed by atoms with Crippen LogP contribution in [0.2, 0.25) is 0 Å². The molecule has 0 radical (unpaired) electrons. The first-order chi connectivity index (χ1) is 15.9. The van der Waals surface area contributed by atoms with E-state index in [0.29, 0.717) is 17.8 Å². The van der Waals surface area contributed by atoms with Crippen molar-refractivity contribution >= 4 is 17.0 Å². The molecule has 2 heterocycles. The van der Waals surface area contributed by atoms with Crippen molar-refractivity contribution in [2.24, 2.45) is 5.41 Å². The van der Waals surface area contributed by atoms with E-state index in [0.717, 1.165) is 51.8 Å². The molecule has 3 aromatic rings. The summed E-state index contributed by atoms with van der Waals surface area (Å²) >= 11 is 0. The molecule has 178 valence electrons. The molecule has 0 unspecified atom stereocenters. The highest BCUT2D eigenvalue weighted by molar-refractivity contribution is 6.00. The van der Waals surface area contributed by atoms with Gasteiger partial charge in [-0.25, -0.2) is 9.78 Å². The molecule has 1 aliphatic carbocycles. The van der Waals surface area contributed by atoms with Crippen LogP contribution in [-0.2, 0) is 16.1 Å². The van der Waals surface area contributed by atoms with Crippen molar-refractivity contribution in [1.82, 2.24) is 9.55 Å². The summed E-state index contributed by atoms with van der Waals surface area (Å²) in [4.78, 5) is 17.5. The maximum absolute atomic E-state index is 12.5. The Bertz CT molecular complexity index is 1320. The van der Waals surface area contributed by atoms with E-state index in [1.54, 1.807) is 0 Å². The number of carboxylic acids is 1. The molecule has 1 aromatic carbocycles. The number of benzene rings is 1. The van der Waals surface area contributed by atoms with Crippen LogP contribution in [0.3, 0.4) is 0 Å². The number of aromatic nitrogens is 2. The second-order valence-electron chi connectivity index (χ2n) is 10.7. The number of aliphatic carboxylic acids is 1. The van der Waals surface area contributed by atoms with Crippen LogP contribution in [-0.4, -0.2) is 26.2 Å². The van der Waals surface area contributed by atoms with Crippen LogP contribution in [0.1, 0.15) is 67.8 Å². The maximum atomic E-state index is 12.5. The number of nitrogens with zero attached hydrogens (tertiary/aromatic N) is 3. The maximum Gasteiger partial charge on any atom is 0.337 e. The molecule has 6 heteroatoms. The number of hydrogen-bond donors (Lipinski definition) is 1. The second kappa shape index (κ2) is 8.25. The minimum atomic E-state index is -1.16. The summed E-state index contributed by atoms with van der Waals surface area (Å²) in [5.41, 5.74) is 6.03. The molecule has 1 aliphatic rings. The number of nitriles is 1. The molecular formula is C28H33N3O3. The topological polar surface area (TPSA) is 88.1 Å². The van der Waals surface area contributed by atoms with E-state index in [4.69, 9.17) is 9.72 Å². The molecule has 6 nitrogen and oxygen atoms in total. The van der Waals surface area contributed by atoms with E-state index < -0.39 is 17.7 Å². The fourth-order valence-electron chi connectivity index (χ4n) is 4.67. The fourth-order valence-corrected chi connectivity index (χ4v) is 4.67. The minimum Gasteiger partial charge on any atom is -0.479 e. The normalized spacial score (nSPS) is 15.8. The van der Waals surface area contributed by atoms with E-state index in [-0.39, 0.29) is 5.41 Å². The quantitative estimate of drug-likeness (QED) is 0.475. The number of aryl methyl sites for hydroxylation is 3. The highest BCUT2D eigenvalue weighted by atomic mass is 16.5. The molecule has 0 amide bonds. The number of hydrogen-bond acceptors (Lipinski definition) is 4. The van der Waals surface area contributed by atoms with Gasteiger partial charge in [-0.2, -0.15) is 5.26 Å². The largest absolute Gasteiger partial charge is 0.479 e. The monoisotopic (exact) mass is 459 g/mol. The Hall–Kier alpha value is -3.17. The van der Waals surface area contributed by atoms with E-state index >= 15 is 0 Å². The lowest BCUT2D eigenvalue weighted by Gasteiger charge is -2.28. The van der Waals surface area contributed by atoms with Crippen molar-refractivity contribution in [3.05, 3.63) is 52.3 Å². The molecular weight excluding hydrogens is 426 g/mol. The molecule has 1 fully saturated rings. The van der Waals surface area contributed by atoms with Crippen LogP contribution < -0.4 is 0 Å². The lowest BCUT2D eigenvalue weighted by molar-refractivity contribution is -0.160. The van der Waals surface area contributed by atoms with Gasteiger partial charge in [-0.15, -0.1) is 0 Å². The van der Waals surface area contributed by atoms with Gasteiger partial charge in [-0.1, -0.05) is 29.8 Å². The predicted octanol–water partition coefficient (Wildman–Crippen LogP) is 6.18. The standard InChI is InChI=1S/C28H33N3O3/c1-16-8-10-20(11-9-16)23-21-17(2)19(4)31(15-28(14-29)12-13-28)25(21)30-18(3)22(23)24(26(32)33)34-27(5,6)7/h8-11,24H,12-13,15H2,1-7H3,(H,32,33)/t24-/m0/s1. The van der Waals surface area contributed by atoms with Crippen molar-refractivity contribution in [2.45, 2.75) is 79.6 Å². The third-order valence-corrected chi connectivity index (χ3v) is 6.83. The second-order valence-corrected chi connectivity index (χ2v) is 10.7. The van der Waals surface area contributed by atoms with Crippen LogP contribution in [0.15, 0.2) is 24.3 Å². The number of carboxylic acid groups (broad SMARTS) is 1. The molecule has 0 saturated heterocycles. The van der Waals surface area contributed by atoms with Crippen LogP contribution in [0.4, 0.5) is 0 Å². The Morgan fingerprint density at radius 1 is 1.21 bits per heavy atom. The van der Waals surface area contributed by atoms with Crippen molar-refractivity contribution in [3.63, 3.8) is 0 Å². The van der Waals surface area contributed by atoms with Gasteiger partial charge < -0.3 is 14.4 Å². The zero-order valence-electron chi connectivity index (χ0n) is 21.1. The predicted molar refractivity (Wildman–Crippen MR) is 133 cm³/mol. The molecule has 34 heavy (non-hydrogen) atoms. The van der Waals surface area contributed by atoms with Gasteiger partial charge >= 0.3 is 5.97 Å². The van der Waals surface area contributed by atoms with Crippen LogP contribution in [0, 0.1) is 44.4 Å². The minimum absolute atomic E-state index is 0.333. The summed E-state index contributed by atoms with van der Waals surface area (Å²) in [6.07, 6.45) is 0.624. The first-order valence-corrected chi connectivity index (χ1v) is 11.8. The van der Waals surface area contributed by atoms with Crippen molar-refractivity contribution in [3.8, 4) is 17.2 Å². The average Bonchev–Trinajstić information content (AvgIpc) is 3.50. The van der Waals surface area contributed by atoms with Gasteiger partial charge in [0.05, 0.1) is 17.1 Å². The molecule has 0 bridgehead atoms. The van der Waals surface area contributed by atoms with Gasteiger partial charge in [0.25, 0.3) is 0 Å². The number of pyridine rings is 1. The van der Waals surface area contributed by atoms with E-state index in [1.165, 1.54) is 0 Å². The van der Waals surface area contributed by atoms with Crippen LogP contribution in [0.25, 0.3) is 22.2 Å². The zero-order chi connectivity index (χ0) is 25.0. The number of carbonyl (C=O) groups is 1. The first-order valence-electron chi connectivity index (χ1n) is 11.8. The van der Waals surface area contributed by atoms with E-state index in [1.807, 2.05) is 58.9 Å². The molecule has 0 spiro atoms.